The molecule has 12 heteroatoms. The predicted molar refractivity (Wildman–Crippen MR) is 112 cm³/mol. The monoisotopic (exact) mass is 479 g/mol. The van der Waals surface area contributed by atoms with E-state index in [2.05, 4.69) is 15.4 Å². The molecule has 0 bridgehead atoms. The van der Waals surface area contributed by atoms with Crippen LogP contribution in [0.4, 0.5) is 23.2 Å². The SMILES string of the molecule is Cc1cc2nn(CC(=O)Nc3ccc(F)c(Cl)c3)c(=O)n2c(-c2ccc(C(F)(F)F)cc2)n1. The average Bonchev–Trinajstić information content (AvgIpc) is 3.04. The number of nitrogens with zero attached hydrogens (tertiary/aromatic N) is 4. The molecule has 1 amide bonds. The first kappa shape index (κ1) is 22.5. The van der Waals surface area contributed by atoms with E-state index in [0.717, 1.165) is 27.3 Å². The number of alkyl halides is 3. The zero-order valence-electron chi connectivity index (χ0n) is 16.8. The van der Waals surface area contributed by atoms with Gasteiger partial charge in [-0.15, -0.1) is 5.10 Å². The Balaban J connectivity index is 1.68. The molecular formula is C21H14ClF4N5O2. The minimum Gasteiger partial charge on any atom is -0.324 e. The van der Waals surface area contributed by atoms with Gasteiger partial charge in [0.15, 0.2) is 5.65 Å². The summed E-state index contributed by atoms with van der Waals surface area (Å²) in [5.41, 5.74) is -0.412. The third kappa shape index (κ3) is 4.58. The van der Waals surface area contributed by atoms with Gasteiger partial charge in [0.05, 0.1) is 10.6 Å². The number of carbonyl (C=O) groups excluding carboxylic acids is 1. The summed E-state index contributed by atoms with van der Waals surface area (Å²) in [7, 11) is 0. The molecule has 2 aromatic carbocycles. The van der Waals surface area contributed by atoms with Gasteiger partial charge in [-0.2, -0.15) is 13.2 Å². The molecule has 0 aliphatic heterocycles. The van der Waals surface area contributed by atoms with Crippen LogP contribution in [-0.4, -0.2) is 25.1 Å². The minimum absolute atomic E-state index is 0.0840. The van der Waals surface area contributed by atoms with Crippen LogP contribution in [-0.2, 0) is 17.5 Å². The number of fused-ring (bicyclic) bond motifs is 1. The van der Waals surface area contributed by atoms with E-state index in [4.69, 9.17) is 11.6 Å². The summed E-state index contributed by atoms with van der Waals surface area (Å²) in [6.45, 7) is 1.17. The van der Waals surface area contributed by atoms with Crippen molar-refractivity contribution in [3.05, 3.63) is 81.1 Å². The summed E-state index contributed by atoms with van der Waals surface area (Å²) in [4.78, 5) is 29.6. The first-order valence-corrected chi connectivity index (χ1v) is 9.80. The highest BCUT2D eigenvalue weighted by Gasteiger charge is 2.30. The molecule has 1 N–H and O–H groups in total. The number of anilines is 1. The summed E-state index contributed by atoms with van der Waals surface area (Å²) >= 11 is 5.69. The highest BCUT2D eigenvalue weighted by molar-refractivity contribution is 6.31. The first-order chi connectivity index (χ1) is 15.5. The standard InChI is InChI=1S/C21H14ClF4N5O2/c1-11-8-17-29-30(10-18(32)28-14-6-7-16(23)15(22)9-14)20(33)31(17)19(27-11)12-2-4-13(5-3-12)21(24,25)26/h2-9H,10H2,1H3,(H,28,32). The fraction of sp³-hybridized carbons (Fsp3) is 0.143. The molecular weight excluding hydrogens is 466 g/mol. The Morgan fingerprint density at radius 3 is 2.45 bits per heavy atom. The molecule has 0 saturated carbocycles. The van der Waals surface area contributed by atoms with Gasteiger partial charge >= 0.3 is 11.9 Å². The van der Waals surface area contributed by atoms with Gasteiger partial charge in [0.2, 0.25) is 5.91 Å². The van der Waals surface area contributed by atoms with Crippen LogP contribution in [0.3, 0.4) is 0 Å². The van der Waals surface area contributed by atoms with Gasteiger partial charge in [-0.25, -0.2) is 23.3 Å². The second kappa shape index (κ2) is 8.32. The second-order valence-electron chi connectivity index (χ2n) is 7.11. The van der Waals surface area contributed by atoms with Crippen molar-refractivity contribution in [1.29, 1.82) is 0 Å². The molecule has 4 aromatic rings. The van der Waals surface area contributed by atoms with Crippen LogP contribution in [0.1, 0.15) is 11.3 Å². The smallest absolute Gasteiger partial charge is 0.324 e. The molecule has 4 rings (SSSR count). The lowest BCUT2D eigenvalue weighted by molar-refractivity contribution is -0.137. The number of hydrogen-bond donors (Lipinski definition) is 1. The van der Waals surface area contributed by atoms with E-state index in [1.807, 2.05) is 0 Å². The van der Waals surface area contributed by atoms with Gasteiger partial charge in [0.25, 0.3) is 0 Å². The lowest BCUT2D eigenvalue weighted by Crippen LogP contribution is -2.28. The third-order valence-electron chi connectivity index (χ3n) is 4.66. The van der Waals surface area contributed by atoms with Crippen molar-refractivity contribution >= 4 is 28.8 Å². The molecule has 2 heterocycles. The van der Waals surface area contributed by atoms with E-state index in [1.165, 1.54) is 30.3 Å². The predicted octanol–water partition coefficient (Wildman–Crippen LogP) is 4.32. The fourth-order valence-electron chi connectivity index (χ4n) is 3.17. The van der Waals surface area contributed by atoms with Gasteiger partial charge in [0, 0.05) is 23.0 Å². The molecule has 33 heavy (non-hydrogen) atoms. The maximum Gasteiger partial charge on any atom is 0.416 e. The zero-order valence-corrected chi connectivity index (χ0v) is 17.6. The number of aromatic nitrogens is 4. The number of halogens is 5. The Bertz CT molecular complexity index is 1430. The van der Waals surface area contributed by atoms with Crippen LogP contribution in [0.15, 0.2) is 53.3 Å². The van der Waals surface area contributed by atoms with Crippen molar-refractivity contribution in [2.24, 2.45) is 0 Å². The van der Waals surface area contributed by atoms with Crippen LogP contribution in [0.2, 0.25) is 5.02 Å². The van der Waals surface area contributed by atoms with E-state index < -0.39 is 35.7 Å². The summed E-state index contributed by atoms with van der Waals surface area (Å²) in [5, 5.41) is 6.44. The quantitative estimate of drug-likeness (QED) is 0.442. The molecule has 0 saturated heterocycles. The van der Waals surface area contributed by atoms with Crippen molar-refractivity contribution in [2.75, 3.05) is 5.32 Å². The van der Waals surface area contributed by atoms with Crippen LogP contribution in [0.5, 0.6) is 0 Å². The molecule has 0 aliphatic carbocycles. The molecule has 0 spiro atoms. The average molecular weight is 480 g/mol. The third-order valence-corrected chi connectivity index (χ3v) is 4.95. The van der Waals surface area contributed by atoms with Crippen molar-refractivity contribution in [3.63, 3.8) is 0 Å². The van der Waals surface area contributed by atoms with E-state index in [0.29, 0.717) is 5.69 Å². The Labute approximate surface area is 188 Å². The summed E-state index contributed by atoms with van der Waals surface area (Å²) < 4.78 is 53.9. The number of amides is 1. The molecule has 2 aromatic heterocycles. The number of hydrogen-bond acceptors (Lipinski definition) is 4. The molecule has 7 nitrogen and oxygen atoms in total. The maximum atomic E-state index is 13.3. The highest BCUT2D eigenvalue weighted by Crippen LogP contribution is 2.30. The van der Waals surface area contributed by atoms with Gasteiger partial charge in [0.1, 0.15) is 18.2 Å². The molecule has 0 unspecified atom stereocenters. The van der Waals surface area contributed by atoms with E-state index in [1.54, 1.807) is 6.92 Å². The Hall–Kier alpha value is -3.73. The number of rotatable bonds is 4. The number of nitrogens with one attached hydrogen (secondary N) is 1. The lowest BCUT2D eigenvalue weighted by atomic mass is 10.1. The molecule has 0 aliphatic rings. The molecule has 0 atom stereocenters. The Kier molecular flexibility index (Phi) is 5.66. The molecule has 0 fully saturated rings. The molecule has 0 radical (unpaired) electrons. The largest absolute Gasteiger partial charge is 0.416 e. The Morgan fingerprint density at radius 1 is 1.12 bits per heavy atom. The van der Waals surface area contributed by atoms with Gasteiger partial charge in [-0.3, -0.25) is 4.79 Å². The van der Waals surface area contributed by atoms with Crippen molar-refractivity contribution in [3.8, 4) is 11.4 Å². The van der Waals surface area contributed by atoms with Crippen LogP contribution >= 0.6 is 11.6 Å². The number of aryl methyl sites for hydroxylation is 1. The number of benzene rings is 2. The van der Waals surface area contributed by atoms with E-state index in [-0.39, 0.29) is 27.7 Å². The summed E-state index contributed by atoms with van der Waals surface area (Å²) in [5.74, 6) is -1.19. The van der Waals surface area contributed by atoms with Crippen molar-refractivity contribution in [2.45, 2.75) is 19.6 Å². The van der Waals surface area contributed by atoms with Crippen LogP contribution in [0.25, 0.3) is 17.0 Å². The lowest BCUT2D eigenvalue weighted by Gasteiger charge is -2.08. The van der Waals surface area contributed by atoms with E-state index >= 15 is 0 Å². The number of carbonyl (C=O) groups is 1. The van der Waals surface area contributed by atoms with E-state index in [9.17, 15) is 27.2 Å². The van der Waals surface area contributed by atoms with Crippen LogP contribution < -0.4 is 11.0 Å². The second-order valence-corrected chi connectivity index (χ2v) is 7.51. The minimum atomic E-state index is -4.50. The molecule has 170 valence electrons. The Morgan fingerprint density at radius 2 is 1.82 bits per heavy atom. The van der Waals surface area contributed by atoms with Crippen LogP contribution in [0, 0.1) is 12.7 Å². The topological polar surface area (TPSA) is 81.3 Å². The normalized spacial score (nSPS) is 11.7. The van der Waals surface area contributed by atoms with Gasteiger partial charge in [-0.1, -0.05) is 23.7 Å². The maximum absolute atomic E-state index is 13.3. The first-order valence-electron chi connectivity index (χ1n) is 9.42. The highest BCUT2D eigenvalue weighted by atomic mass is 35.5. The van der Waals surface area contributed by atoms with Gasteiger partial charge < -0.3 is 5.32 Å². The van der Waals surface area contributed by atoms with Crippen molar-refractivity contribution < 1.29 is 22.4 Å². The summed E-state index contributed by atoms with van der Waals surface area (Å²) in [6.07, 6.45) is -4.50. The van der Waals surface area contributed by atoms with Crippen molar-refractivity contribution in [1.82, 2.24) is 19.2 Å². The summed E-state index contributed by atoms with van der Waals surface area (Å²) in [6, 6.07) is 9.31. The van der Waals surface area contributed by atoms with Gasteiger partial charge in [-0.05, 0) is 37.3 Å². The fourth-order valence-corrected chi connectivity index (χ4v) is 3.35. The zero-order chi connectivity index (χ0) is 23.9.